The largest absolute Gasteiger partial charge is 0.456 e. The number of rotatable bonds is 3. The van der Waals surface area contributed by atoms with Crippen LogP contribution in [0.25, 0.3) is 110 Å². The molecule has 62 heavy (non-hydrogen) atoms. The van der Waals surface area contributed by atoms with Crippen molar-refractivity contribution < 1.29 is 4.42 Å². The molecule has 2 aliphatic rings. The first-order valence-electron chi connectivity index (χ1n) is 21.4. The molecular formula is C60H35NO. The summed E-state index contributed by atoms with van der Waals surface area (Å²) in [7, 11) is 0. The van der Waals surface area contributed by atoms with Crippen LogP contribution in [0.3, 0.4) is 0 Å². The first kappa shape index (κ1) is 33.7. The number of para-hydroxylation sites is 1. The van der Waals surface area contributed by atoms with Gasteiger partial charge in [-0.3, -0.25) is 4.98 Å². The summed E-state index contributed by atoms with van der Waals surface area (Å²) in [5.74, 6) is 0. The molecule has 0 N–H and O–H groups in total. The van der Waals surface area contributed by atoms with Crippen molar-refractivity contribution in [2.75, 3.05) is 0 Å². The number of benzene rings is 10. The van der Waals surface area contributed by atoms with Crippen molar-refractivity contribution in [3.8, 4) is 55.8 Å². The molecule has 0 fully saturated rings. The molecule has 0 amide bonds. The number of pyridine rings is 1. The molecule has 1 atom stereocenters. The van der Waals surface area contributed by atoms with Crippen molar-refractivity contribution in [2.45, 2.75) is 5.41 Å². The Balaban J connectivity index is 1.02. The Morgan fingerprint density at radius 2 is 0.871 bits per heavy atom. The molecule has 0 aliphatic heterocycles. The fourth-order valence-corrected chi connectivity index (χ4v) is 11.3. The van der Waals surface area contributed by atoms with Crippen molar-refractivity contribution in [2.24, 2.45) is 0 Å². The van der Waals surface area contributed by atoms with Gasteiger partial charge in [-0.05, 0) is 142 Å². The molecule has 14 rings (SSSR count). The summed E-state index contributed by atoms with van der Waals surface area (Å²) in [4.78, 5) is 5.13. The summed E-state index contributed by atoms with van der Waals surface area (Å²) in [5, 5.41) is 9.78. The number of fused-ring (bicyclic) bond motifs is 18. The summed E-state index contributed by atoms with van der Waals surface area (Å²) in [5.41, 5.74) is 18.3. The average molecular weight is 786 g/mol. The highest BCUT2D eigenvalue weighted by Crippen LogP contribution is 2.63. The highest BCUT2D eigenvalue weighted by Gasteiger charge is 2.52. The fourth-order valence-electron chi connectivity index (χ4n) is 11.3. The van der Waals surface area contributed by atoms with Gasteiger partial charge >= 0.3 is 0 Å². The second kappa shape index (κ2) is 12.5. The Hall–Kier alpha value is -8.07. The Morgan fingerprint density at radius 3 is 1.65 bits per heavy atom. The third-order valence-electron chi connectivity index (χ3n) is 13.9. The SMILES string of the molecule is c1ccc(-c2ccc(-c3cc4c5ccccc5c(-c5ccc6c(c5)C5(c7ccccc7-c7cc8oc9ccccc9c8cc75)c5cccnc5-6)cc4c4ccccc34)cc2)cc1. The number of furan rings is 1. The summed E-state index contributed by atoms with van der Waals surface area (Å²) in [6.07, 6.45) is 1.94. The van der Waals surface area contributed by atoms with E-state index in [0.29, 0.717) is 0 Å². The van der Waals surface area contributed by atoms with Crippen LogP contribution in [0, 0.1) is 0 Å². The van der Waals surface area contributed by atoms with Crippen molar-refractivity contribution in [3.63, 3.8) is 0 Å². The molecule has 12 aromatic rings. The van der Waals surface area contributed by atoms with E-state index in [1.807, 2.05) is 6.20 Å². The molecule has 2 aromatic heterocycles. The van der Waals surface area contributed by atoms with Crippen molar-refractivity contribution in [3.05, 3.63) is 235 Å². The van der Waals surface area contributed by atoms with Gasteiger partial charge in [0.05, 0.1) is 11.1 Å². The molecule has 286 valence electrons. The van der Waals surface area contributed by atoms with Gasteiger partial charge in [-0.1, -0.05) is 164 Å². The zero-order valence-electron chi connectivity index (χ0n) is 33.6. The first-order chi connectivity index (χ1) is 30.7. The Bertz CT molecular complexity index is 3860. The molecule has 2 heterocycles. The lowest BCUT2D eigenvalue weighted by Crippen LogP contribution is -2.26. The predicted molar refractivity (Wildman–Crippen MR) is 257 cm³/mol. The zero-order chi connectivity index (χ0) is 40.5. The van der Waals surface area contributed by atoms with E-state index in [4.69, 9.17) is 9.40 Å². The first-order valence-corrected chi connectivity index (χ1v) is 21.4. The minimum atomic E-state index is -0.558. The molecule has 1 unspecified atom stereocenters. The Morgan fingerprint density at radius 1 is 0.290 bits per heavy atom. The summed E-state index contributed by atoms with van der Waals surface area (Å²) in [6, 6.07) is 76.1. The number of aromatic nitrogens is 1. The molecule has 2 nitrogen and oxygen atoms in total. The van der Waals surface area contributed by atoms with Crippen LogP contribution in [0.2, 0.25) is 0 Å². The molecule has 0 saturated carbocycles. The lowest BCUT2D eigenvalue weighted by Gasteiger charge is -2.30. The van der Waals surface area contributed by atoms with Gasteiger partial charge in [-0.15, -0.1) is 0 Å². The van der Waals surface area contributed by atoms with Crippen molar-refractivity contribution >= 4 is 54.3 Å². The molecule has 0 saturated heterocycles. The number of hydrogen-bond donors (Lipinski definition) is 0. The van der Waals surface area contributed by atoms with Gasteiger partial charge in [-0.2, -0.15) is 0 Å². The lowest BCUT2D eigenvalue weighted by atomic mass is 9.70. The average Bonchev–Trinajstić information content (AvgIpc) is 3.96. The van der Waals surface area contributed by atoms with E-state index in [1.165, 1.54) is 105 Å². The second-order valence-electron chi connectivity index (χ2n) is 16.9. The van der Waals surface area contributed by atoms with Gasteiger partial charge in [0.1, 0.15) is 11.2 Å². The van der Waals surface area contributed by atoms with Crippen LogP contribution in [0.5, 0.6) is 0 Å². The fraction of sp³-hybridized carbons (Fsp3) is 0.0167. The summed E-state index contributed by atoms with van der Waals surface area (Å²) >= 11 is 0. The maximum Gasteiger partial charge on any atom is 0.136 e. The van der Waals surface area contributed by atoms with Crippen LogP contribution in [0.4, 0.5) is 0 Å². The smallest absolute Gasteiger partial charge is 0.136 e. The zero-order valence-corrected chi connectivity index (χ0v) is 33.6. The van der Waals surface area contributed by atoms with Crippen LogP contribution < -0.4 is 0 Å². The van der Waals surface area contributed by atoms with Gasteiger partial charge in [0.15, 0.2) is 0 Å². The molecular weight excluding hydrogens is 751 g/mol. The topological polar surface area (TPSA) is 26.0 Å². The van der Waals surface area contributed by atoms with Crippen LogP contribution >= 0.6 is 0 Å². The Labute approximate surface area is 358 Å². The minimum absolute atomic E-state index is 0.558. The lowest BCUT2D eigenvalue weighted by molar-refractivity contribution is 0.669. The number of nitrogens with zero attached hydrogens (tertiary/aromatic N) is 1. The summed E-state index contributed by atoms with van der Waals surface area (Å²) < 4.78 is 6.51. The maximum absolute atomic E-state index is 6.51. The highest BCUT2D eigenvalue weighted by molar-refractivity contribution is 6.24. The van der Waals surface area contributed by atoms with Crippen molar-refractivity contribution in [1.82, 2.24) is 4.98 Å². The molecule has 2 heteroatoms. The summed E-state index contributed by atoms with van der Waals surface area (Å²) in [6.45, 7) is 0. The Kier molecular flexibility index (Phi) is 6.79. The molecule has 0 radical (unpaired) electrons. The van der Waals surface area contributed by atoms with Gasteiger partial charge in [0.25, 0.3) is 0 Å². The van der Waals surface area contributed by atoms with Crippen LogP contribution in [0.1, 0.15) is 22.3 Å². The van der Waals surface area contributed by atoms with E-state index in [1.54, 1.807) is 0 Å². The number of hydrogen-bond acceptors (Lipinski definition) is 2. The van der Waals surface area contributed by atoms with Crippen LogP contribution in [-0.4, -0.2) is 4.98 Å². The molecule has 0 bridgehead atoms. The van der Waals surface area contributed by atoms with Crippen LogP contribution in [-0.2, 0) is 5.41 Å². The minimum Gasteiger partial charge on any atom is -0.456 e. The van der Waals surface area contributed by atoms with Crippen molar-refractivity contribution in [1.29, 1.82) is 0 Å². The second-order valence-corrected chi connectivity index (χ2v) is 16.9. The van der Waals surface area contributed by atoms with E-state index in [2.05, 4.69) is 206 Å². The predicted octanol–water partition coefficient (Wildman–Crippen LogP) is 15.8. The van der Waals surface area contributed by atoms with Gasteiger partial charge in [0, 0.05) is 22.5 Å². The molecule has 2 aliphatic carbocycles. The monoisotopic (exact) mass is 785 g/mol. The van der Waals surface area contributed by atoms with Gasteiger partial charge < -0.3 is 4.42 Å². The van der Waals surface area contributed by atoms with Gasteiger partial charge in [0.2, 0.25) is 0 Å². The standard InChI is InChI=1S/C60H35NO/c1-2-13-36(14-3-1)37-24-26-38(27-25-37)47-32-49-43-18-7-5-16-41(43)48(33-50(49)42-17-6-4-15-40(42)47)39-28-29-46-55(31-39)60(54-22-12-30-61-59(46)54)53-21-10-8-19-44(53)51-35-58-52(34-56(51)60)45-20-9-11-23-57(45)62-58/h1-35H. The highest BCUT2D eigenvalue weighted by atomic mass is 16.3. The van der Waals surface area contributed by atoms with E-state index in [9.17, 15) is 0 Å². The third kappa shape index (κ3) is 4.45. The molecule has 1 spiro atoms. The van der Waals surface area contributed by atoms with E-state index in [-0.39, 0.29) is 0 Å². The third-order valence-corrected chi connectivity index (χ3v) is 13.9. The van der Waals surface area contributed by atoms with E-state index >= 15 is 0 Å². The maximum atomic E-state index is 6.51. The molecule has 10 aromatic carbocycles. The normalized spacial score (nSPS) is 14.8. The van der Waals surface area contributed by atoms with E-state index in [0.717, 1.165) is 27.6 Å². The van der Waals surface area contributed by atoms with Crippen LogP contribution in [0.15, 0.2) is 217 Å². The van der Waals surface area contributed by atoms with E-state index < -0.39 is 5.41 Å². The quantitative estimate of drug-likeness (QED) is 0.167. The van der Waals surface area contributed by atoms with Gasteiger partial charge in [-0.25, -0.2) is 0 Å².